The average molecular weight is 425 g/mol. The lowest BCUT2D eigenvalue weighted by atomic mass is 9.84. The van der Waals surface area contributed by atoms with E-state index in [1.54, 1.807) is 0 Å². The minimum Gasteiger partial charge on any atom is -0.349 e. The Balaban J connectivity index is 1.45. The third-order valence-electron chi connectivity index (χ3n) is 6.97. The molecule has 28 heavy (non-hydrogen) atoms. The standard InChI is InChI=1S/C23H36O3S2/c1-22(2)15-25-23(26-16-22)11-10-17(19(23)14-21-27-12-13-28-21)8-9-20(24)18-6-4-3-5-7-18/h8-9,17-19,21H,3-7,10-16H2,1-2H3/b9-8+. The molecule has 0 amide bonds. The van der Waals surface area contributed by atoms with E-state index in [2.05, 4.69) is 43.4 Å². The summed E-state index contributed by atoms with van der Waals surface area (Å²) in [5.74, 6) is 3.47. The van der Waals surface area contributed by atoms with Crippen molar-refractivity contribution in [3.63, 3.8) is 0 Å². The van der Waals surface area contributed by atoms with Crippen LogP contribution in [0.5, 0.6) is 0 Å². The maximum absolute atomic E-state index is 12.7. The number of carbonyl (C=O) groups is 1. The number of ketones is 1. The molecular weight excluding hydrogens is 388 g/mol. The molecule has 0 N–H and O–H groups in total. The van der Waals surface area contributed by atoms with E-state index in [-0.39, 0.29) is 11.3 Å². The van der Waals surface area contributed by atoms with Gasteiger partial charge in [-0.2, -0.15) is 0 Å². The summed E-state index contributed by atoms with van der Waals surface area (Å²) in [6, 6.07) is 0. The van der Waals surface area contributed by atoms with E-state index in [4.69, 9.17) is 9.47 Å². The molecule has 0 bridgehead atoms. The second-order valence-electron chi connectivity index (χ2n) is 9.87. The number of hydrogen-bond acceptors (Lipinski definition) is 5. The maximum Gasteiger partial charge on any atom is 0.171 e. The Labute approximate surface area is 179 Å². The summed E-state index contributed by atoms with van der Waals surface area (Å²) < 4.78 is 13.6. The van der Waals surface area contributed by atoms with Gasteiger partial charge < -0.3 is 9.47 Å². The van der Waals surface area contributed by atoms with Crippen molar-refractivity contribution in [3.05, 3.63) is 12.2 Å². The lowest BCUT2D eigenvalue weighted by molar-refractivity contribution is -0.315. The molecular formula is C23H36O3S2. The lowest BCUT2D eigenvalue weighted by Crippen LogP contribution is -2.50. The minimum absolute atomic E-state index is 0.0948. The molecule has 158 valence electrons. The van der Waals surface area contributed by atoms with Crippen LogP contribution in [0.15, 0.2) is 12.2 Å². The molecule has 2 saturated carbocycles. The average Bonchev–Trinajstić information content (AvgIpc) is 3.33. The Bertz CT molecular complexity index is 566. The van der Waals surface area contributed by atoms with Crippen molar-refractivity contribution in [1.82, 2.24) is 0 Å². The fourth-order valence-electron chi connectivity index (χ4n) is 5.23. The third-order valence-corrected chi connectivity index (χ3v) is 10.1. The van der Waals surface area contributed by atoms with Crippen LogP contribution in [0, 0.1) is 23.2 Å². The number of rotatable bonds is 5. The van der Waals surface area contributed by atoms with Gasteiger partial charge in [-0.25, -0.2) is 0 Å². The number of ether oxygens (including phenoxy) is 2. The van der Waals surface area contributed by atoms with Gasteiger partial charge in [0, 0.05) is 35.2 Å². The van der Waals surface area contributed by atoms with Gasteiger partial charge in [-0.3, -0.25) is 4.79 Å². The van der Waals surface area contributed by atoms with E-state index in [1.165, 1.54) is 30.8 Å². The summed E-state index contributed by atoms with van der Waals surface area (Å²) in [4.78, 5) is 12.7. The predicted molar refractivity (Wildman–Crippen MR) is 119 cm³/mol. The van der Waals surface area contributed by atoms with Gasteiger partial charge in [0.05, 0.1) is 17.8 Å². The van der Waals surface area contributed by atoms with Crippen molar-refractivity contribution < 1.29 is 14.3 Å². The second-order valence-corrected chi connectivity index (χ2v) is 12.8. The first-order chi connectivity index (χ1) is 13.5. The van der Waals surface area contributed by atoms with Crippen LogP contribution in [0.1, 0.15) is 65.2 Å². The number of carbonyl (C=O) groups excluding carboxylic acids is 1. The van der Waals surface area contributed by atoms with Crippen molar-refractivity contribution in [2.75, 3.05) is 24.7 Å². The second kappa shape index (κ2) is 9.03. The number of allylic oxidation sites excluding steroid dienone is 2. The van der Waals surface area contributed by atoms with E-state index in [1.807, 2.05) is 6.08 Å². The van der Waals surface area contributed by atoms with E-state index in [0.717, 1.165) is 45.3 Å². The summed E-state index contributed by atoms with van der Waals surface area (Å²) in [5.41, 5.74) is 0.0948. The highest BCUT2D eigenvalue weighted by Gasteiger charge is 2.53. The largest absolute Gasteiger partial charge is 0.349 e. The molecule has 4 fully saturated rings. The van der Waals surface area contributed by atoms with E-state index >= 15 is 0 Å². The Hall–Kier alpha value is 0.0300. The van der Waals surface area contributed by atoms with E-state index < -0.39 is 5.79 Å². The highest BCUT2D eigenvalue weighted by Crippen LogP contribution is 2.52. The van der Waals surface area contributed by atoms with Gasteiger partial charge in [0.2, 0.25) is 0 Å². The van der Waals surface area contributed by atoms with Crippen molar-refractivity contribution in [2.24, 2.45) is 23.2 Å². The first-order valence-corrected chi connectivity index (χ1v) is 13.3. The van der Waals surface area contributed by atoms with Gasteiger partial charge in [0.1, 0.15) is 0 Å². The first kappa shape index (κ1) is 21.3. The lowest BCUT2D eigenvalue weighted by Gasteiger charge is -2.45. The van der Waals surface area contributed by atoms with Crippen molar-refractivity contribution in [2.45, 2.75) is 75.6 Å². The summed E-state index contributed by atoms with van der Waals surface area (Å²) >= 11 is 4.17. The molecule has 0 aromatic rings. The van der Waals surface area contributed by atoms with Gasteiger partial charge in [0.25, 0.3) is 0 Å². The summed E-state index contributed by atoms with van der Waals surface area (Å²) in [7, 11) is 0. The molecule has 5 heteroatoms. The van der Waals surface area contributed by atoms with E-state index in [0.29, 0.717) is 22.2 Å². The summed E-state index contributed by atoms with van der Waals surface area (Å²) in [6.07, 6.45) is 13.2. The van der Waals surface area contributed by atoms with Crippen LogP contribution in [0.3, 0.4) is 0 Å². The minimum atomic E-state index is -0.428. The molecule has 2 saturated heterocycles. The molecule has 2 aliphatic heterocycles. The van der Waals surface area contributed by atoms with Crippen LogP contribution in [0.4, 0.5) is 0 Å². The first-order valence-electron chi connectivity index (χ1n) is 11.2. The third kappa shape index (κ3) is 4.84. The van der Waals surface area contributed by atoms with Gasteiger partial charge in [-0.05, 0) is 37.7 Å². The molecule has 2 aliphatic carbocycles. The highest BCUT2D eigenvalue weighted by atomic mass is 32.2. The highest BCUT2D eigenvalue weighted by molar-refractivity contribution is 8.20. The van der Waals surface area contributed by atoms with Crippen LogP contribution in [-0.4, -0.2) is 40.9 Å². The molecule has 2 heterocycles. The van der Waals surface area contributed by atoms with Gasteiger partial charge in [-0.1, -0.05) is 39.2 Å². The van der Waals surface area contributed by atoms with Crippen molar-refractivity contribution in [1.29, 1.82) is 0 Å². The molecule has 3 nitrogen and oxygen atoms in total. The van der Waals surface area contributed by atoms with Crippen LogP contribution in [0.25, 0.3) is 0 Å². The fraction of sp³-hybridized carbons (Fsp3) is 0.870. The van der Waals surface area contributed by atoms with Gasteiger partial charge in [0.15, 0.2) is 11.6 Å². The summed E-state index contributed by atoms with van der Waals surface area (Å²) in [6.45, 7) is 5.97. The zero-order chi connectivity index (χ0) is 19.6. The predicted octanol–water partition coefficient (Wildman–Crippen LogP) is 5.68. The topological polar surface area (TPSA) is 35.5 Å². The Kier molecular flexibility index (Phi) is 6.86. The molecule has 4 rings (SSSR count). The van der Waals surface area contributed by atoms with E-state index in [9.17, 15) is 4.79 Å². The molecule has 2 unspecified atom stereocenters. The zero-order valence-corrected chi connectivity index (χ0v) is 19.1. The summed E-state index contributed by atoms with van der Waals surface area (Å²) in [5, 5.41) is 0. The van der Waals surface area contributed by atoms with Crippen LogP contribution in [0.2, 0.25) is 0 Å². The molecule has 0 aromatic carbocycles. The van der Waals surface area contributed by atoms with Crippen LogP contribution < -0.4 is 0 Å². The fourth-order valence-corrected chi connectivity index (χ4v) is 8.18. The molecule has 4 aliphatic rings. The van der Waals surface area contributed by atoms with Crippen molar-refractivity contribution in [3.8, 4) is 0 Å². The van der Waals surface area contributed by atoms with Crippen molar-refractivity contribution >= 4 is 29.3 Å². The smallest absolute Gasteiger partial charge is 0.171 e. The Morgan fingerprint density at radius 3 is 2.39 bits per heavy atom. The number of hydrogen-bond donors (Lipinski definition) is 0. The number of thioether (sulfide) groups is 2. The molecule has 1 spiro atoms. The normalized spacial score (nSPS) is 33.8. The van der Waals surface area contributed by atoms with Gasteiger partial charge in [-0.15, -0.1) is 23.5 Å². The van der Waals surface area contributed by atoms with Gasteiger partial charge >= 0.3 is 0 Å². The Morgan fingerprint density at radius 2 is 1.71 bits per heavy atom. The molecule has 0 aromatic heterocycles. The van der Waals surface area contributed by atoms with Crippen LogP contribution >= 0.6 is 23.5 Å². The SMILES string of the molecule is CC1(C)COC2(CCC(/C=C/C(=O)C3CCCCC3)C2CC2SCCS2)OC1. The van der Waals surface area contributed by atoms with Crippen LogP contribution in [-0.2, 0) is 14.3 Å². The zero-order valence-electron chi connectivity index (χ0n) is 17.5. The molecule has 2 atom stereocenters. The molecule has 0 radical (unpaired) electrons. The maximum atomic E-state index is 12.7. The quantitative estimate of drug-likeness (QED) is 0.530. The Morgan fingerprint density at radius 1 is 1.04 bits per heavy atom. The monoisotopic (exact) mass is 424 g/mol.